The Morgan fingerprint density at radius 1 is 0.793 bits per heavy atom. The van der Waals surface area contributed by atoms with Crippen LogP contribution in [0.1, 0.15) is 47.0 Å². The Labute approximate surface area is 171 Å². The van der Waals surface area contributed by atoms with Crippen molar-refractivity contribution < 1.29 is 29.4 Å². The first-order valence-electron chi connectivity index (χ1n) is 10.3. The summed E-state index contributed by atoms with van der Waals surface area (Å²) in [5, 5.41) is 24.0. The highest BCUT2D eigenvalue weighted by Crippen LogP contribution is 2.48. The van der Waals surface area contributed by atoms with Crippen LogP contribution in [0.5, 0.6) is 0 Å². The maximum atomic E-state index is 12.9. The smallest absolute Gasteiger partial charge is 0.326 e. The van der Waals surface area contributed by atoms with E-state index < -0.39 is 47.7 Å². The van der Waals surface area contributed by atoms with Crippen molar-refractivity contribution in [2.45, 2.75) is 59.0 Å². The second-order valence-electron chi connectivity index (χ2n) is 9.06. The number of hydrogen-bond donors (Lipinski definition) is 4. The number of carboxylic acids is 2. The predicted molar refractivity (Wildman–Crippen MR) is 106 cm³/mol. The molecule has 1 saturated carbocycles. The molecule has 2 amide bonds. The molecule has 0 radical (unpaired) electrons. The van der Waals surface area contributed by atoms with Crippen molar-refractivity contribution in [3.05, 3.63) is 12.2 Å². The largest absolute Gasteiger partial charge is 0.480 e. The Bertz CT molecular complexity index is 631. The van der Waals surface area contributed by atoms with Crippen molar-refractivity contribution in [2.75, 3.05) is 0 Å². The molecule has 1 fully saturated rings. The van der Waals surface area contributed by atoms with E-state index in [1.807, 2.05) is 39.8 Å². The van der Waals surface area contributed by atoms with Crippen LogP contribution >= 0.6 is 0 Å². The van der Waals surface area contributed by atoms with Crippen molar-refractivity contribution in [1.29, 1.82) is 0 Å². The van der Waals surface area contributed by atoms with Crippen LogP contribution in [0.25, 0.3) is 0 Å². The molecule has 8 nitrogen and oxygen atoms in total. The van der Waals surface area contributed by atoms with Gasteiger partial charge in [0.1, 0.15) is 12.1 Å². The lowest BCUT2D eigenvalue weighted by molar-refractivity contribution is -0.145. The number of carbonyl (C=O) groups is 4. The molecule has 0 heterocycles. The van der Waals surface area contributed by atoms with E-state index >= 15 is 0 Å². The molecule has 2 bridgehead atoms. The zero-order valence-electron chi connectivity index (χ0n) is 17.4. The molecule has 0 aliphatic heterocycles. The monoisotopic (exact) mass is 408 g/mol. The maximum absolute atomic E-state index is 12.9. The van der Waals surface area contributed by atoms with E-state index in [1.165, 1.54) is 0 Å². The highest BCUT2D eigenvalue weighted by atomic mass is 16.4. The molecule has 8 heteroatoms. The van der Waals surface area contributed by atoms with Gasteiger partial charge in [0, 0.05) is 0 Å². The van der Waals surface area contributed by atoms with E-state index in [-0.39, 0.29) is 23.7 Å². The van der Waals surface area contributed by atoms with Gasteiger partial charge in [-0.15, -0.1) is 0 Å². The Kier molecular flexibility index (Phi) is 7.43. The van der Waals surface area contributed by atoms with Crippen molar-refractivity contribution in [2.24, 2.45) is 35.5 Å². The summed E-state index contributed by atoms with van der Waals surface area (Å²) in [6.45, 7) is 7.50. The third-order valence-electron chi connectivity index (χ3n) is 5.71. The Balaban J connectivity index is 2.15. The molecule has 2 aliphatic carbocycles. The van der Waals surface area contributed by atoms with Crippen molar-refractivity contribution in [1.82, 2.24) is 10.6 Å². The van der Waals surface area contributed by atoms with Gasteiger partial charge in [-0.1, -0.05) is 39.8 Å². The third-order valence-corrected chi connectivity index (χ3v) is 5.71. The van der Waals surface area contributed by atoms with Crippen LogP contribution in [0.3, 0.4) is 0 Å². The number of carbonyl (C=O) groups excluding carboxylic acids is 2. The van der Waals surface area contributed by atoms with Gasteiger partial charge in [-0.05, 0) is 42.9 Å². The zero-order chi connectivity index (χ0) is 21.9. The topological polar surface area (TPSA) is 133 Å². The number of hydrogen-bond acceptors (Lipinski definition) is 4. The number of allylic oxidation sites excluding steroid dienone is 2. The molecule has 0 aromatic carbocycles. The quantitative estimate of drug-likeness (QED) is 0.406. The fourth-order valence-corrected chi connectivity index (χ4v) is 4.46. The first-order chi connectivity index (χ1) is 13.5. The summed E-state index contributed by atoms with van der Waals surface area (Å²) in [6.07, 6.45) is 5.04. The summed E-state index contributed by atoms with van der Waals surface area (Å²) in [5.74, 6) is -4.60. The Morgan fingerprint density at radius 2 is 1.14 bits per heavy atom. The SMILES string of the molecule is CC(C)C[C@H](NC(=O)[C@@H]1C2C=CC(C2)[C@@H]1C(=O)N[C@@H](CC(C)C)C(=O)O)C(=O)O. The van der Waals surface area contributed by atoms with Gasteiger partial charge in [-0.3, -0.25) is 9.59 Å². The molecule has 0 aromatic rings. The van der Waals surface area contributed by atoms with E-state index in [4.69, 9.17) is 0 Å². The second-order valence-corrected chi connectivity index (χ2v) is 9.06. The molecule has 0 spiro atoms. The van der Waals surface area contributed by atoms with Gasteiger partial charge in [0.2, 0.25) is 11.8 Å². The van der Waals surface area contributed by atoms with Crippen LogP contribution < -0.4 is 10.6 Å². The minimum atomic E-state index is -1.10. The van der Waals surface area contributed by atoms with Gasteiger partial charge in [0.25, 0.3) is 0 Å². The van der Waals surface area contributed by atoms with Gasteiger partial charge < -0.3 is 20.8 Å². The van der Waals surface area contributed by atoms with Crippen LogP contribution in [0.2, 0.25) is 0 Å². The molecular weight excluding hydrogens is 376 g/mol. The summed E-state index contributed by atoms with van der Waals surface area (Å²) >= 11 is 0. The Morgan fingerprint density at radius 3 is 1.41 bits per heavy atom. The molecule has 6 atom stereocenters. The Hall–Kier alpha value is -2.38. The fourth-order valence-electron chi connectivity index (χ4n) is 4.46. The van der Waals surface area contributed by atoms with Crippen LogP contribution in [0, 0.1) is 35.5 Å². The van der Waals surface area contributed by atoms with E-state index in [9.17, 15) is 29.4 Å². The average molecular weight is 408 g/mol. The minimum absolute atomic E-state index is 0.0859. The van der Waals surface area contributed by atoms with Crippen molar-refractivity contribution >= 4 is 23.8 Å². The molecule has 0 saturated heterocycles. The van der Waals surface area contributed by atoms with E-state index in [0.717, 1.165) is 0 Å². The summed E-state index contributed by atoms with van der Waals surface area (Å²) < 4.78 is 0. The first-order valence-corrected chi connectivity index (χ1v) is 10.3. The summed E-state index contributed by atoms with van der Waals surface area (Å²) in [4.78, 5) is 48.9. The third kappa shape index (κ3) is 5.58. The minimum Gasteiger partial charge on any atom is -0.480 e. The van der Waals surface area contributed by atoms with Crippen molar-refractivity contribution in [3.63, 3.8) is 0 Å². The van der Waals surface area contributed by atoms with E-state index in [2.05, 4.69) is 10.6 Å². The van der Waals surface area contributed by atoms with E-state index in [0.29, 0.717) is 19.3 Å². The van der Waals surface area contributed by atoms with E-state index in [1.54, 1.807) is 0 Å². The molecule has 2 rings (SSSR count). The first kappa shape index (κ1) is 22.9. The molecule has 2 unspecified atom stereocenters. The van der Waals surface area contributed by atoms with Crippen LogP contribution in [-0.2, 0) is 19.2 Å². The van der Waals surface area contributed by atoms with Gasteiger partial charge in [-0.2, -0.15) is 0 Å². The summed E-state index contributed by atoms with van der Waals surface area (Å²) in [7, 11) is 0. The van der Waals surface area contributed by atoms with Crippen molar-refractivity contribution in [3.8, 4) is 0 Å². The summed E-state index contributed by atoms with van der Waals surface area (Å²) in [6, 6.07) is -2.02. The van der Waals surface area contributed by atoms with Gasteiger partial charge in [-0.25, -0.2) is 9.59 Å². The van der Waals surface area contributed by atoms with Crippen LogP contribution in [0.15, 0.2) is 12.2 Å². The predicted octanol–water partition coefficient (Wildman–Crippen LogP) is 1.66. The fraction of sp³-hybridized carbons (Fsp3) is 0.714. The van der Waals surface area contributed by atoms with Gasteiger partial charge in [0.05, 0.1) is 11.8 Å². The number of amides is 2. The number of carboxylic acid groups (broad SMARTS) is 2. The van der Waals surface area contributed by atoms with Gasteiger partial charge >= 0.3 is 11.9 Å². The average Bonchev–Trinajstić information content (AvgIpc) is 3.20. The number of aliphatic carboxylic acids is 2. The standard InChI is InChI=1S/C21H32N2O6/c1-10(2)7-14(20(26)27)22-18(24)16-12-5-6-13(9-12)17(16)19(25)23-15(21(28)29)8-11(3)4/h5-6,10-17H,7-9H2,1-4H3,(H,22,24)(H,23,25)(H,26,27)(H,28,29)/t12?,13?,14-,15-,16-,17+/m0/s1. The lowest BCUT2D eigenvalue weighted by Crippen LogP contribution is -2.51. The molecule has 4 N–H and O–H groups in total. The molecule has 162 valence electrons. The summed E-state index contributed by atoms with van der Waals surface area (Å²) in [5.41, 5.74) is 0. The number of rotatable bonds is 10. The highest BCUT2D eigenvalue weighted by Gasteiger charge is 2.52. The normalized spacial score (nSPS) is 27.1. The molecule has 29 heavy (non-hydrogen) atoms. The van der Waals surface area contributed by atoms with Crippen LogP contribution in [-0.4, -0.2) is 46.0 Å². The highest BCUT2D eigenvalue weighted by molar-refractivity contribution is 5.93. The maximum Gasteiger partial charge on any atom is 0.326 e. The number of fused-ring (bicyclic) bond motifs is 2. The lowest BCUT2D eigenvalue weighted by Gasteiger charge is -2.29. The number of nitrogens with one attached hydrogen (secondary N) is 2. The molecular formula is C21H32N2O6. The second kappa shape index (κ2) is 9.41. The molecule has 0 aromatic heterocycles. The van der Waals surface area contributed by atoms with Crippen LogP contribution in [0.4, 0.5) is 0 Å². The van der Waals surface area contributed by atoms with Gasteiger partial charge in [0.15, 0.2) is 0 Å². The molecule has 2 aliphatic rings. The lowest BCUT2D eigenvalue weighted by atomic mass is 9.81. The zero-order valence-corrected chi connectivity index (χ0v) is 17.4.